The van der Waals surface area contributed by atoms with Gasteiger partial charge in [-0.25, -0.2) is 17.5 Å². The van der Waals surface area contributed by atoms with Gasteiger partial charge in [-0.15, -0.1) is 0 Å². The molecule has 4 N–H and O–H groups in total. The molecule has 7 heteroatoms. The van der Waals surface area contributed by atoms with E-state index in [1.165, 1.54) is 12.1 Å². The summed E-state index contributed by atoms with van der Waals surface area (Å²) in [5, 5.41) is 9.31. The van der Waals surface area contributed by atoms with Crippen LogP contribution in [0, 0.1) is 11.7 Å². The summed E-state index contributed by atoms with van der Waals surface area (Å²) in [6, 6.07) is 3.37. The predicted molar refractivity (Wildman–Crippen MR) is 74.0 cm³/mol. The van der Waals surface area contributed by atoms with Gasteiger partial charge in [-0.05, 0) is 30.9 Å². The Morgan fingerprint density at radius 3 is 2.75 bits per heavy atom. The third-order valence-corrected chi connectivity index (χ3v) is 5.30. The number of halogens is 1. The van der Waals surface area contributed by atoms with E-state index >= 15 is 0 Å². The Morgan fingerprint density at radius 2 is 2.05 bits per heavy atom. The van der Waals surface area contributed by atoms with Crippen molar-refractivity contribution >= 4 is 15.7 Å². The van der Waals surface area contributed by atoms with Crippen LogP contribution in [0.15, 0.2) is 23.1 Å². The highest BCUT2D eigenvalue weighted by atomic mass is 32.2. The Morgan fingerprint density at radius 1 is 1.35 bits per heavy atom. The number of nitrogens with two attached hydrogens (primary N) is 1. The first-order chi connectivity index (χ1) is 9.45. The summed E-state index contributed by atoms with van der Waals surface area (Å²) in [7, 11) is -3.88. The van der Waals surface area contributed by atoms with Gasteiger partial charge in [0, 0.05) is 12.6 Å². The second-order valence-electron chi connectivity index (χ2n) is 5.11. The van der Waals surface area contributed by atoms with E-state index in [4.69, 9.17) is 5.73 Å². The Balaban J connectivity index is 2.24. The summed E-state index contributed by atoms with van der Waals surface area (Å²) in [6.07, 6.45) is 3.33. The lowest BCUT2D eigenvalue weighted by molar-refractivity contribution is 0.164. The Labute approximate surface area is 118 Å². The van der Waals surface area contributed by atoms with E-state index in [2.05, 4.69) is 4.72 Å². The number of aliphatic hydroxyl groups is 1. The average molecular weight is 302 g/mol. The predicted octanol–water partition coefficient (Wildman–Crippen LogP) is 1.24. The molecule has 0 aromatic heterocycles. The van der Waals surface area contributed by atoms with Gasteiger partial charge in [0.25, 0.3) is 0 Å². The fraction of sp³-hybridized carbons (Fsp3) is 0.538. The fourth-order valence-electron chi connectivity index (χ4n) is 2.60. The summed E-state index contributed by atoms with van der Waals surface area (Å²) in [5.74, 6) is -0.858. The molecule has 5 nitrogen and oxygen atoms in total. The van der Waals surface area contributed by atoms with Crippen LogP contribution in [-0.2, 0) is 10.0 Å². The van der Waals surface area contributed by atoms with Gasteiger partial charge in [0.2, 0.25) is 10.0 Å². The van der Waals surface area contributed by atoms with Crippen LogP contribution >= 0.6 is 0 Å². The number of sulfonamides is 1. The Kier molecular flexibility index (Phi) is 4.62. The number of hydrogen-bond acceptors (Lipinski definition) is 4. The van der Waals surface area contributed by atoms with Crippen molar-refractivity contribution in [2.45, 2.75) is 36.6 Å². The minimum absolute atomic E-state index is 0.0637. The second kappa shape index (κ2) is 6.07. The lowest BCUT2D eigenvalue weighted by Gasteiger charge is -2.30. The van der Waals surface area contributed by atoms with Crippen LogP contribution < -0.4 is 10.5 Å². The van der Waals surface area contributed by atoms with Crippen molar-refractivity contribution in [1.29, 1.82) is 0 Å². The van der Waals surface area contributed by atoms with Crippen LogP contribution in [0.5, 0.6) is 0 Å². The van der Waals surface area contributed by atoms with Gasteiger partial charge in [-0.3, -0.25) is 0 Å². The summed E-state index contributed by atoms with van der Waals surface area (Å²) >= 11 is 0. The van der Waals surface area contributed by atoms with Crippen LogP contribution in [0.1, 0.15) is 25.7 Å². The molecule has 1 fully saturated rings. The van der Waals surface area contributed by atoms with Gasteiger partial charge >= 0.3 is 0 Å². The second-order valence-corrected chi connectivity index (χ2v) is 6.79. The maximum Gasteiger partial charge on any atom is 0.242 e. The lowest BCUT2D eigenvalue weighted by Crippen LogP contribution is -2.43. The highest BCUT2D eigenvalue weighted by molar-refractivity contribution is 7.89. The van der Waals surface area contributed by atoms with Crippen LogP contribution in [0.4, 0.5) is 10.1 Å². The Hall–Kier alpha value is -1.18. The van der Waals surface area contributed by atoms with Gasteiger partial charge in [0.15, 0.2) is 0 Å². The molecule has 1 aliphatic rings. The number of anilines is 1. The molecule has 0 aliphatic heterocycles. The molecule has 1 aliphatic carbocycles. The molecule has 2 atom stereocenters. The molecule has 2 unspecified atom stereocenters. The number of hydrogen-bond donors (Lipinski definition) is 3. The molecule has 1 aromatic carbocycles. The highest BCUT2D eigenvalue weighted by Gasteiger charge is 2.30. The molecule has 112 valence electrons. The molecular weight excluding hydrogens is 283 g/mol. The van der Waals surface area contributed by atoms with Crippen LogP contribution in [0.2, 0.25) is 0 Å². The first-order valence-electron chi connectivity index (χ1n) is 6.63. The molecule has 2 rings (SSSR count). The van der Waals surface area contributed by atoms with Gasteiger partial charge in [0.05, 0.1) is 5.69 Å². The molecule has 0 saturated heterocycles. The van der Waals surface area contributed by atoms with E-state index in [-0.39, 0.29) is 29.1 Å². The van der Waals surface area contributed by atoms with E-state index in [1.54, 1.807) is 0 Å². The smallest absolute Gasteiger partial charge is 0.242 e. The van der Waals surface area contributed by atoms with Gasteiger partial charge in [0.1, 0.15) is 10.7 Å². The van der Waals surface area contributed by atoms with E-state index in [0.717, 1.165) is 25.3 Å². The summed E-state index contributed by atoms with van der Waals surface area (Å²) < 4.78 is 40.5. The van der Waals surface area contributed by atoms with E-state index in [1.807, 2.05) is 0 Å². The molecular formula is C13H19FN2O3S. The number of para-hydroxylation sites is 1. The van der Waals surface area contributed by atoms with Crippen LogP contribution in [0.3, 0.4) is 0 Å². The van der Waals surface area contributed by atoms with Crippen molar-refractivity contribution in [3.05, 3.63) is 24.0 Å². The monoisotopic (exact) mass is 302 g/mol. The van der Waals surface area contributed by atoms with Gasteiger partial charge in [-0.2, -0.15) is 0 Å². The zero-order chi connectivity index (χ0) is 14.8. The van der Waals surface area contributed by atoms with Crippen molar-refractivity contribution in [2.24, 2.45) is 5.92 Å². The fourth-order valence-corrected chi connectivity index (χ4v) is 4.08. The number of rotatable bonds is 4. The summed E-state index contributed by atoms with van der Waals surface area (Å²) in [4.78, 5) is -0.250. The summed E-state index contributed by atoms with van der Waals surface area (Å²) in [5.41, 5.74) is 5.12. The average Bonchev–Trinajstić information content (AvgIpc) is 2.42. The van der Waals surface area contributed by atoms with Crippen molar-refractivity contribution in [3.8, 4) is 0 Å². The van der Waals surface area contributed by atoms with E-state index in [0.29, 0.717) is 6.42 Å². The zero-order valence-electron chi connectivity index (χ0n) is 11.0. The molecule has 0 spiro atoms. The molecule has 0 amide bonds. The maximum atomic E-state index is 13.4. The van der Waals surface area contributed by atoms with Crippen LogP contribution in [0.25, 0.3) is 0 Å². The first-order valence-corrected chi connectivity index (χ1v) is 8.11. The normalized spacial score (nSPS) is 23.7. The zero-order valence-corrected chi connectivity index (χ0v) is 11.9. The van der Waals surface area contributed by atoms with Gasteiger partial charge in [-0.1, -0.05) is 18.9 Å². The molecule has 0 bridgehead atoms. The number of aliphatic hydroxyl groups excluding tert-OH is 1. The van der Waals surface area contributed by atoms with Crippen molar-refractivity contribution in [3.63, 3.8) is 0 Å². The minimum Gasteiger partial charge on any atom is -0.396 e. The van der Waals surface area contributed by atoms with Gasteiger partial charge < -0.3 is 10.8 Å². The SMILES string of the molecule is Nc1c(F)cccc1S(=O)(=O)NC1CCCCC1CO. The van der Waals surface area contributed by atoms with E-state index < -0.39 is 15.8 Å². The number of nitrogens with one attached hydrogen (secondary N) is 1. The van der Waals surface area contributed by atoms with Crippen LogP contribution in [-0.4, -0.2) is 26.2 Å². The summed E-state index contributed by atoms with van der Waals surface area (Å²) in [6.45, 7) is -0.0637. The molecule has 1 aromatic rings. The van der Waals surface area contributed by atoms with Crippen molar-refractivity contribution in [1.82, 2.24) is 4.72 Å². The van der Waals surface area contributed by atoms with Crippen molar-refractivity contribution in [2.75, 3.05) is 12.3 Å². The largest absolute Gasteiger partial charge is 0.396 e. The standard InChI is InChI=1S/C13H19FN2O3S/c14-10-5-3-7-12(13(10)15)20(18,19)16-11-6-2-1-4-9(11)8-17/h3,5,7,9,11,16-17H,1-2,4,6,8,15H2. The third-order valence-electron chi connectivity index (χ3n) is 3.75. The topological polar surface area (TPSA) is 92.4 Å². The molecule has 1 saturated carbocycles. The van der Waals surface area contributed by atoms with Crippen molar-refractivity contribution < 1.29 is 17.9 Å². The maximum absolute atomic E-state index is 13.4. The first kappa shape index (κ1) is 15.2. The van der Waals surface area contributed by atoms with E-state index in [9.17, 15) is 17.9 Å². The minimum atomic E-state index is -3.88. The molecule has 20 heavy (non-hydrogen) atoms. The molecule has 0 radical (unpaired) electrons. The quantitative estimate of drug-likeness (QED) is 0.730. The lowest BCUT2D eigenvalue weighted by atomic mass is 9.86. The number of benzene rings is 1. The third kappa shape index (κ3) is 3.11. The number of nitrogen functional groups attached to an aromatic ring is 1. The highest BCUT2D eigenvalue weighted by Crippen LogP contribution is 2.27. The molecule has 0 heterocycles. The Bertz CT molecular complexity index is 577.